The number of rotatable bonds is 8. The third-order valence-electron chi connectivity index (χ3n) is 5.12. The van der Waals surface area contributed by atoms with Gasteiger partial charge in [0, 0.05) is 6.42 Å². The highest BCUT2D eigenvalue weighted by Gasteiger charge is 2.31. The fourth-order valence-corrected chi connectivity index (χ4v) is 3.76. The van der Waals surface area contributed by atoms with Crippen LogP contribution in [0.3, 0.4) is 0 Å². The van der Waals surface area contributed by atoms with Crippen molar-refractivity contribution in [3.8, 4) is 0 Å². The van der Waals surface area contributed by atoms with Gasteiger partial charge in [-0.3, -0.25) is 4.79 Å². The molecule has 1 aliphatic carbocycles. The lowest BCUT2D eigenvalue weighted by molar-refractivity contribution is -0.146. The molecule has 0 N–H and O–H groups in total. The summed E-state index contributed by atoms with van der Waals surface area (Å²) in [5, 5.41) is 0. The average molecular weight is 298 g/mol. The maximum Gasteiger partial charge on any atom is 0.305 e. The SMILES string of the molecule is CCC1CC(CC)C(CCCC(=O)OCC2COCO2)C1. The Hall–Kier alpha value is -0.610. The van der Waals surface area contributed by atoms with Crippen molar-refractivity contribution in [2.45, 2.75) is 64.9 Å². The lowest BCUT2D eigenvalue weighted by Gasteiger charge is -2.17. The topological polar surface area (TPSA) is 44.8 Å². The van der Waals surface area contributed by atoms with E-state index in [0.29, 0.717) is 26.4 Å². The minimum Gasteiger partial charge on any atom is -0.463 e. The quantitative estimate of drug-likeness (QED) is 0.643. The van der Waals surface area contributed by atoms with Gasteiger partial charge < -0.3 is 14.2 Å². The van der Waals surface area contributed by atoms with Crippen LogP contribution in [0.1, 0.15) is 58.8 Å². The first-order valence-electron chi connectivity index (χ1n) is 8.57. The van der Waals surface area contributed by atoms with Crippen molar-refractivity contribution >= 4 is 5.97 Å². The molecule has 0 aromatic heterocycles. The van der Waals surface area contributed by atoms with Gasteiger partial charge in [0.05, 0.1) is 6.61 Å². The first-order chi connectivity index (χ1) is 10.2. The van der Waals surface area contributed by atoms with Crippen LogP contribution in [0, 0.1) is 17.8 Å². The molecule has 0 bridgehead atoms. The number of carbonyl (C=O) groups excluding carboxylic acids is 1. The summed E-state index contributed by atoms with van der Waals surface area (Å²) < 4.78 is 15.6. The van der Waals surface area contributed by atoms with Gasteiger partial charge in [0.15, 0.2) is 0 Å². The van der Waals surface area contributed by atoms with Gasteiger partial charge in [0.2, 0.25) is 0 Å². The fourth-order valence-electron chi connectivity index (χ4n) is 3.76. The number of carbonyl (C=O) groups is 1. The van der Waals surface area contributed by atoms with Crippen LogP contribution >= 0.6 is 0 Å². The predicted molar refractivity (Wildman–Crippen MR) is 80.8 cm³/mol. The van der Waals surface area contributed by atoms with E-state index in [-0.39, 0.29) is 12.1 Å². The molecule has 21 heavy (non-hydrogen) atoms. The summed E-state index contributed by atoms with van der Waals surface area (Å²) in [6.07, 6.45) is 7.93. The molecule has 1 saturated carbocycles. The van der Waals surface area contributed by atoms with Gasteiger partial charge in [-0.05, 0) is 43.4 Å². The molecule has 0 radical (unpaired) electrons. The van der Waals surface area contributed by atoms with E-state index >= 15 is 0 Å². The molecule has 4 nitrogen and oxygen atoms in total. The highest BCUT2D eigenvalue weighted by Crippen LogP contribution is 2.42. The summed E-state index contributed by atoms with van der Waals surface area (Å²) >= 11 is 0. The number of ether oxygens (including phenoxy) is 3. The smallest absolute Gasteiger partial charge is 0.305 e. The van der Waals surface area contributed by atoms with Gasteiger partial charge in [-0.25, -0.2) is 0 Å². The second kappa shape index (κ2) is 8.74. The highest BCUT2D eigenvalue weighted by atomic mass is 16.7. The van der Waals surface area contributed by atoms with Crippen LogP contribution in [0.25, 0.3) is 0 Å². The van der Waals surface area contributed by atoms with E-state index in [2.05, 4.69) is 13.8 Å². The maximum absolute atomic E-state index is 11.7. The third kappa shape index (κ3) is 5.26. The molecule has 122 valence electrons. The van der Waals surface area contributed by atoms with Gasteiger partial charge in [-0.1, -0.05) is 26.7 Å². The maximum atomic E-state index is 11.7. The van der Waals surface area contributed by atoms with Crippen LogP contribution in [-0.4, -0.2) is 32.1 Å². The first-order valence-corrected chi connectivity index (χ1v) is 8.57. The Labute approximate surface area is 128 Å². The summed E-state index contributed by atoms with van der Waals surface area (Å²) in [4.78, 5) is 11.7. The van der Waals surface area contributed by atoms with Crippen molar-refractivity contribution in [1.82, 2.24) is 0 Å². The summed E-state index contributed by atoms with van der Waals surface area (Å²) in [6.45, 7) is 5.78. The summed E-state index contributed by atoms with van der Waals surface area (Å²) in [7, 11) is 0. The van der Waals surface area contributed by atoms with E-state index in [1.165, 1.54) is 32.1 Å². The van der Waals surface area contributed by atoms with Crippen molar-refractivity contribution in [3.63, 3.8) is 0 Å². The predicted octanol–water partition coefficient (Wildman–Crippen LogP) is 3.54. The fraction of sp³-hybridized carbons (Fsp3) is 0.941. The largest absolute Gasteiger partial charge is 0.463 e. The van der Waals surface area contributed by atoms with Gasteiger partial charge in [-0.15, -0.1) is 0 Å². The van der Waals surface area contributed by atoms with Gasteiger partial charge in [0.25, 0.3) is 0 Å². The second-order valence-electron chi connectivity index (χ2n) is 6.53. The van der Waals surface area contributed by atoms with Crippen molar-refractivity contribution < 1.29 is 19.0 Å². The molecule has 1 heterocycles. The molecule has 1 aliphatic heterocycles. The van der Waals surface area contributed by atoms with Crippen LogP contribution in [-0.2, 0) is 19.0 Å². The van der Waals surface area contributed by atoms with Gasteiger partial charge >= 0.3 is 5.97 Å². The number of hydrogen-bond donors (Lipinski definition) is 0. The summed E-state index contributed by atoms with van der Waals surface area (Å²) in [5.41, 5.74) is 0. The summed E-state index contributed by atoms with van der Waals surface area (Å²) in [5.74, 6) is 2.50. The zero-order chi connectivity index (χ0) is 15.1. The molecule has 0 amide bonds. The van der Waals surface area contributed by atoms with E-state index in [4.69, 9.17) is 14.2 Å². The Balaban J connectivity index is 1.58. The normalized spacial score (nSPS) is 32.5. The Morgan fingerprint density at radius 3 is 2.67 bits per heavy atom. The molecule has 2 rings (SSSR count). The van der Waals surface area contributed by atoms with E-state index < -0.39 is 0 Å². The van der Waals surface area contributed by atoms with Crippen LogP contribution in [0.15, 0.2) is 0 Å². The highest BCUT2D eigenvalue weighted by molar-refractivity contribution is 5.69. The molecule has 0 spiro atoms. The van der Waals surface area contributed by atoms with Gasteiger partial charge in [0.1, 0.15) is 19.5 Å². The molecule has 1 saturated heterocycles. The number of hydrogen-bond acceptors (Lipinski definition) is 4. The summed E-state index contributed by atoms with van der Waals surface area (Å²) in [6, 6.07) is 0. The van der Waals surface area contributed by atoms with Crippen molar-refractivity contribution in [1.29, 1.82) is 0 Å². The molecule has 4 unspecified atom stereocenters. The molecule has 2 fully saturated rings. The molecule has 0 aromatic carbocycles. The van der Waals surface area contributed by atoms with E-state index in [0.717, 1.165) is 24.2 Å². The Bertz CT molecular complexity index is 312. The average Bonchev–Trinajstić information content (AvgIpc) is 3.14. The van der Waals surface area contributed by atoms with E-state index in [1.54, 1.807) is 0 Å². The van der Waals surface area contributed by atoms with Crippen LogP contribution in [0.5, 0.6) is 0 Å². The second-order valence-corrected chi connectivity index (χ2v) is 6.53. The van der Waals surface area contributed by atoms with E-state index in [9.17, 15) is 4.79 Å². The molecule has 4 atom stereocenters. The van der Waals surface area contributed by atoms with E-state index in [1.807, 2.05) is 0 Å². The monoisotopic (exact) mass is 298 g/mol. The Morgan fingerprint density at radius 2 is 2.00 bits per heavy atom. The Morgan fingerprint density at radius 1 is 1.19 bits per heavy atom. The molecule has 0 aromatic rings. The molecule has 4 heteroatoms. The standard InChI is InChI=1S/C17H30O4/c1-3-13-8-14(4-2)15(9-13)6-5-7-17(18)20-11-16-10-19-12-21-16/h13-16H,3-12H2,1-2H3. The molecule has 2 aliphatic rings. The molecular formula is C17H30O4. The van der Waals surface area contributed by atoms with Crippen molar-refractivity contribution in [2.75, 3.05) is 20.0 Å². The molecular weight excluding hydrogens is 268 g/mol. The number of esters is 1. The minimum absolute atomic E-state index is 0.0708. The van der Waals surface area contributed by atoms with Crippen molar-refractivity contribution in [2.24, 2.45) is 17.8 Å². The van der Waals surface area contributed by atoms with Crippen LogP contribution in [0.2, 0.25) is 0 Å². The zero-order valence-corrected chi connectivity index (χ0v) is 13.5. The van der Waals surface area contributed by atoms with Crippen LogP contribution < -0.4 is 0 Å². The lowest BCUT2D eigenvalue weighted by atomic mass is 9.89. The zero-order valence-electron chi connectivity index (χ0n) is 13.5. The van der Waals surface area contributed by atoms with Crippen molar-refractivity contribution in [3.05, 3.63) is 0 Å². The third-order valence-corrected chi connectivity index (χ3v) is 5.12. The first kappa shape index (κ1) is 16.8. The Kier molecular flexibility index (Phi) is 6.97. The van der Waals surface area contributed by atoms with Gasteiger partial charge in [-0.2, -0.15) is 0 Å². The minimum atomic E-state index is -0.0939. The van der Waals surface area contributed by atoms with Crippen LogP contribution in [0.4, 0.5) is 0 Å². The lowest BCUT2D eigenvalue weighted by Crippen LogP contribution is -2.20.